The SMILES string of the molecule is COc1cc(C(=O)N2CCC(NC(=O)COc3c(-c4csc(N5CCOCC5)n4)ccc(F)c3F)CC2)ccc1NC(=O)[C@@H]1N[C@@H](CC(C)(C)C)[C@](C#N)(c2ccc(Cl)cc2F)[C@H]1c1cccc(Cl)c1F. The van der Waals surface area contributed by atoms with Crippen LogP contribution in [0.25, 0.3) is 11.3 Å². The highest BCUT2D eigenvalue weighted by Gasteiger charge is 2.61. The zero-order chi connectivity index (χ0) is 50.8. The third-order valence-electron chi connectivity index (χ3n) is 13.0. The number of nitriles is 1. The Hall–Kier alpha value is -5.97. The fourth-order valence-corrected chi connectivity index (χ4v) is 10.9. The molecule has 0 unspecified atom stereocenters. The van der Waals surface area contributed by atoms with Crippen molar-refractivity contribution >= 4 is 63.1 Å². The number of hydrogen-bond acceptors (Lipinski definition) is 11. The fraction of sp³-hybridized carbons (Fsp3) is 0.392. The first-order valence-corrected chi connectivity index (χ1v) is 24.6. The van der Waals surface area contributed by atoms with Gasteiger partial charge in [-0.25, -0.2) is 18.2 Å². The number of nitrogens with one attached hydrogen (secondary N) is 3. The number of nitrogens with zero attached hydrogens (tertiary/aromatic N) is 4. The molecule has 4 aromatic carbocycles. The van der Waals surface area contributed by atoms with E-state index in [4.69, 9.17) is 37.4 Å². The van der Waals surface area contributed by atoms with Gasteiger partial charge in [-0.2, -0.15) is 9.65 Å². The van der Waals surface area contributed by atoms with Crippen molar-refractivity contribution in [3.8, 4) is 28.8 Å². The Kier molecular flexibility index (Phi) is 15.5. The van der Waals surface area contributed by atoms with Crippen LogP contribution >= 0.6 is 34.5 Å². The minimum Gasteiger partial charge on any atom is -0.495 e. The molecule has 0 bridgehead atoms. The summed E-state index contributed by atoms with van der Waals surface area (Å²) in [5.74, 6) is -7.23. The zero-order valence-corrected chi connectivity index (χ0v) is 41.6. The lowest BCUT2D eigenvalue weighted by molar-refractivity contribution is -0.124. The number of halogens is 6. The average Bonchev–Trinajstić information content (AvgIpc) is 3.96. The first-order valence-electron chi connectivity index (χ1n) is 23.0. The predicted octanol–water partition coefficient (Wildman–Crippen LogP) is 9.28. The molecule has 71 heavy (non-hydrogen) atoms. The summed E-state index contributed by atoms with van der Waals surface area (Å²) in [6.45, 7) is 8.14. The second kappa shape index (κ2) is 21.4. The van der Waals surface area contributed by atoms with E-state index in [2.05, 4.69) is 27.0 Å². The number of ether oxygens (including phenoxy) is 3. The average molecular weight is 1040 g/mol. The van der Waals surface area contributed by atoms with Crippen molar-refractivity contribution in [3.05, 3.63) is 122 Å². The Morgan fingerprint density at radius 3 is 2.41 bits per heavy atom. The van der Waals surface area contributed by atoms with Crippen LogP contribution in [0.4, 0.5) is 28.4 Å². The summed E-state index contributed by atoms with van der Waals surface area (Å²) < 4.78 is 78.6. The van der Waals surface area contributed by atoms with Crippen LogP contribution in [0, 0.1) is 40.0 Å². The molecule has 0 radical (unpaired) electrons. The molecule has 3 aliphatic rings. The Bertz CT molecular complexity index is 2870. The molecular formula is C51H51Cl2F4N7O6S. The number of anilines is 2. The number of carbonyl (C=O) groups is 3. The first-order chi connectivity index (χ1) is 33.9. The first kappa shape index (κ1) is 51.4. The van der Waals surface area contributed by atoms with E-state index in [1.165, 1.54) is 73.0 Å². The lowest BCUT2D eigenvalue weighted by Crippen LogP contribution is -2.47. The maximum atomic E-state index is 16.2. The van der Waals surface area contributed by atoms with Gasteiger partial charge in [0.15, 0.2) is 23.3 Å². The van der Waals surface area contributed by atoms with E-state index in [1.807, 2.05) is 25.7 Å². The van der Waals surface area contributed by atoms with Crippen LogP contribution < -0.4 is 30.3 Å². The van der Waals surface area contributed by atoms with E-state index >= 15 is 13.2 Å². The van der Waals surface area contributed by atoms with E-state index in [-0.39, 0.29) is 75.2 Å². The molecule has 0 saturated carbocycles. The number of methoxy groups -OCH3 is 1. The second-order valence-electron chi connectivity index (χ2n) is 18.9. The third kappa shape index (κ3) is 10.8. The number of amides is 3. The summed E-state index contributed by atoms with van der Waals surface area (Å²) in [6.07, 6.45) is 1.04. The third-order valence-corrected chi connectivity index (χ3v) is 14.5. The highest BCUT2D eigenvalue weighted by atomic mass is 35.5. The molecule has 8 rings (SSSR count). The van der Waals surface area contributed by atoms with Gasteiger partial charge in [-0.05, 0) is 78.8 Å². The Labute approximate surface area is 422 Å². The molecule has 0 spiro atoms. The number of aromatic nitrogens is 1. The molecule has 3 saturated heterocycles. The summed E-state index contributed by atoms with van der Waals surface area (Å²) in [6, 6.07) is 14.8. The van der Waals surface area contributed by atoms with Gasteiger partial charge in [-0.15, -0.1) is 11.3 Å². The minimum atomic E-state index is -1.84. The van der Waals surface area contributed by atoms with E-state index < -0.39 is 76.3 Å². The molecule has 4 atom stereocenters. The van der Waals surface area contributed by atoms with Crippen molar-refractivity contribution in [1.29, 1.82) is 5.26 Å². The van der Waals surface area contributed by atoms with Gasteiger partial charge in [0, 0.05) is 71.3 Å². The van der Waals surface area contributed by atoms with Crippen molar-refractivity contribution in [3.63, 3.8) is 0 Å². The predicted molar refractivity (Wildman–Crippen MR) is 262 cm³/mol. The van der Waals surface area contributed by atoms with E-state index in [0.717, 1.165) is 12.1 Å². The van der Waals surface area contributed by atoms with Gasteiger partial charge in [0.1, 0.15) is 22.8 Å². The molecule has 3 aliphatic heterocycles. The number of benzene rings is 4. The topological polar surface area (TPSA) is 158 Å². The van der Waals surface area contributed by atoms with Crippen LogP contribution in [0.15, 0.2) is 72.1 Å². The number of thiazole rings is 1. The molecular weight excluding hydrogens is 986 g/mol. The van der Waals surface area contributed by atoms with Gasteiger partial charge in [-0.1, -0.05) is 62.2 Å². The smallest absolute Gasteiger partial charge is 0.258 e. The van der Waals surface area contributed by atoms with E-state index in [0.29, 0.717) is 50.0 Å². The highest BCUT2D eigenvalue weighted by molar-refractivity contribution is 7.14. The van der Waals surface area contributed by atoms with Crippen LogP contribution in [0.1, 0.15) is 67.4 Å². The van der Waals surface area contributed by atoms with Crippen LogP contribution in [-0.4, -0.2) is 98.8 Å². The summed E-state index contributed by atoms with van der Waals surface area (Å²) >= 11 is 13.8. The van der Waals surface area contributed by atoms with Crippen molar-refractivity contribution in [1.82, 2.24) is 20.5 Å². The molecule has 3 amide bonds. The molecule has 4 heterocycles. The number of carbonyl (C=O) groups excluding carboxylic acids is 3. The molecule has 0 aliphatic carbocycles. The van der Waals surface area contributed by atoms with E-state index in [1.54, 1.807) is 10.3 Å². The van der Waals surface area contributed by atoms with Crippen LogP contribution in [0.5, 0.6) is 11.5 Å². The van der Waals surface area contributed by atoms with Gasteiger partial charge in [0.05, 0.1) is 48.8 Å². The largest absolute Gasteiger partial charge is 0.495 e. The van der Waals surface area contributed by atoms with Crippen LogP contribution in [0.3, 0.4) is 0 Å². The Balaban J connectivity index is 0.936. The molecule has 3 N–H and O–H groups in total. The number of rotatable bonds is 13. The Morgan fingerprint density at radius 2 is 1.72 bits per heavy atom. The summed E-state index contributed by atoms with van der Waals surface area (Å²) in [4.78, 5) is 49.9. The van der Waals surface area contributed by atoms with Crippen molar-refractivity contribution in [2.45, 2.75) is 69.5 Å². The van der Waals surface area contributed by atoms with Crippen molar-refractivity contribution in [2.75, 3.05) is 63.3 Å². The molecule has 5 aromatic rings. The summed E-state index contributed by atoms with van der Waals surface area (Å²) in [7, 11) is 1.36. The Morgan fingerprint density at radius 1 is 0.972 bits per heavy atom. The van der Waals surface area contributed by atoms with E-state index in [9.17, 15) is 24.0 Å². The maximum absolute atomic E-state index is 16.2. The summed E-state index contributed by atoms with van der Waals surface area (Å²) in [5.41, 5.74) is -1.44. The van der Waals surface area contributed by atoms with Gasteiger partial charge in [-0.3, -0.25) is 14.4 Å². The monoisotopic (exact) mass is 1040 g/mol. The lowest BCUT2D eigenvalue weighted by atomic mass is 9.62. The van der Waals surface area contributed by atoms with Crippen molar-refractivity contribution < 1.29 is 46.2 Å². The van der Waals surface area contributed by atoms with Crippen LogP contribution in [-0.2, 0) is 19.7 Å². The van der Waals surface area contributed by atoms with Gasteiger partial charge in [0.25, 0.3) is 11.8 Å². The molecule has 374 valence electrons. The zero-order valence-electron chi connectivity index (χ0n) is 39.2. The summed E-state index contributed by atoms with van der Waals surface area (Å²) in [5, 5.41) is 22.5. The molecule has 3 fully saturated rings. The number of hydrogen-bond donors (Lipinski definition) is 3. The lowest BCUT2D eigenvalue weighted by Gasteiger charge is -2.37. The molecule has 13 nitrogen and oxygen atoms in total. The standard InChI is InChI=1S/C51H51Cl2F4N7O6S/c1-50(2,3)24-40-51(27-58,33-11-9-29(52)23-36(33)55)42(32-6-5-7-34(53)43(32)56)45(62-40)47(66)60-37-13-8-28(22-39(37)68-4)48(67)63-16-14-30(15-17-63)59-41(65)25-70-46-31(10-12-35(54)44(46)57)38-26-71-49(61-38)64-18-20-69-21-19-64/h5-13,22-23,26,30,40,42,45,62H,14-21,24-25H2,1-4H3,(H,59,65)(H,60,66)/t40-,42-,45+,51-/m0/s1. The fourth-order valence-electron chi connectivity index (χ4n) is 9.67. The number of morpholine rings is 1. The number of piperidine rings is 1. The molecule has 20 heteroatoms. The minimum absolute atomic E-state index is 0.0655. The van der Waals surface area contributed by atoms with Gasteiger partial charge >= 0.3 is 0 Å². The van der Waals surface area contributed by atoms with Gasteiger partial charge in [0.2, 0.25) is 11.7 Å². The quantitative estimate of drug-likeness (QED) is 0.0972. The number of likely N-dealkylation sites (tertiary alicyclic amines) is 1. The second-order valence-corrected chi connectivity index (χ2v) is 20.5. The highest BCUT2D eigenvalue weighted by Crippen LogP contribution is 2.53. The molecule has 1 aromatic heterocycles. The van der Waals surface area contributed by atoms with Gasteiger partial charge < -0.3 is 40.0 Å². The normalized spacial score (nSPS) is 20.6. The maximum Gasteiger partial charge on any atom is 0.258 e. The van der Waals surface area contributed by atoms with Crippen molar-refractivity contribution in [2.24, 2.45) is 5.41 Å². The van der Waals surface area contributed by atoms with Crippen LogP contribution in [0.2, 0.25) is 10.0 Å².